The molecule has 0 aromatic heterocycles. The van der Waals surface area contributed by atoms with Gasteiger partial charge in [-0.05, 0) is 149 Å². The third kappa shape index (κ3) is 5.82. The third-order valence-electron chi connectivity index (χ3n) is 15.7. The van der Waals surface area contributed by atoms with E-state index in [1.165, 1.54) is 100 Å². The van der Waals surface area contributed by atoms with E-state index < -0.39 is 5.41 Å². The Morgan fingerprint density at radius 1 is 0.235 bits per heavy atom. The molecule has 13 rings (SSSR count). The fourth-order valence-corrected chi connectivity index (χ4v) is 12.4. The molecule has 1 nitrogen and oxygen atoms in total. The first kappa shape index (κ1) is 40.3. The summed E-state index contributed by atoms with van der Waals surface area (Å²) in [5, 5.41) is 0. The SMILES string of the molecule is CC1(C)c2ccccc2-c2ccc(-c3ccc(N(c4cccc(-c5ccccc5)c4)c4cccc(-c5ccc6c(c5)C(C)(C)c5ccccc5C65c6ccccc6-c6ccccc65)c4)cc3)cc21. The van der Waals surface area contributed by atoms with E-state index in [0.29, 0.717) is 0 Å². The van der Waals surface area contributed by atoms with Gasteiger partial charge in [0.2, 0.25) is 0 Å². The molecule has 10 aromatic carbocycles. The minimum absolute atomic E-state index is 0.0550. The largest absolute Gasteiger partial charge is 0.310 e. The Labute approximate surface area is 400 Å². The summed E-state index contributed by atoms with van der Waals surface area (Å²) >= 11 is 0. The van der Waals surface area contributed by atoms with Crippen LogP contribution in [-0.2, 0) is 16.2 Å². The third-order valence-corrected chi connectivity index (χ3v) is 15.7. The molecule has 0 unspecified atom stereocenters. The molecular weight excluding hydrogens is 819 g/mol. The van der Waals surface area contributed by atoms with Crippen LogP contribution in [0.1, 0.15) is 72.2 Å². The van der Waals surface area contributed by atoms with Crippen molar-refractivity contribution < 1.29 is 0 Å². The standard InChI is InChI=1S/C67H51N/c1-65(2)57-27-11-8-24-53(57)56-38-34-48(42-63(56)65)45-32-36-50(37-33-45)68(51-22-16-20-46(40-51)44-18-6-5-7-19-44)52-23-17-21-47(41-52)49-35-39-62-64(43-49)66(3,4)60-30-14-15-31-61(60)67(62)58-28-12-9-25-54(58)55-26-10-13-29-59(55)67/h5-43H,1-4H3. The molecule has 0 N–H and O–H groups in total. The Balaban J connectivity index is 0.937. The Hall–Kier alpha value is -8.00. The van der Waals surface area contributed by atoms with Crippen molar-refractivity contribution in [2.24, 2.45) is 0 Å². The van der Waals surface area contributed by atoms with Crippen molar-refractivity contribution in [3.05, 3.63) is 281 Å². The van der Waals surface area contributed by atoms with Crippen molar-refractivity contribution in [1.29, 1.82) is 0 Å². The van der Waals surface area contributed by atoms with Gasteiger partial charge in [0.15, 0.2) is 0 Å². The van der Waals surface area contributed by atoms with Crippen molar-refractivity contribution in [3.63, 3.8) is 0 Å². The molecule has 0 saturated heterocycles. The van der Waals surface area contributed by atoms with E-state index in [9.17, 15) is 0 Å². The zero-order valence-corrected chi connectivity index (χ0v) is 39.0. The lowest BCUT2D eigenvalue weighted by atomic mass is 9.55. The van der Waals surface area contributed by atoms with Gasteiger partial charge in [0, 0.05) is 27.9 Å². The molecule has 0 aliphatic heterocycles. The average molecular weight is 870 g/mol. The van der Waals surface area contributed by atoms with Gasteiger partial charge < -0.3 is 4.90 Å². The van der Waals surface area contributed by atoms with Crippen LogP contribution in [0.2, 0.25) is 0 Å². The molecule has 10 aromatic rings. The lowest BCUT2D eigenvalue weighted by molar-refractivity contribution is 0.563. The Kier molecular flexibility index (Phi) is 8.89. The quantitative estimate of drug-likeness (QED) is 0.161. The van der Waals surface area contributed by atoms with Gasteiger partial charge in [-0.15, -0.1) is 0 Å². The Morgan fingerprint density at radius 3 is 1.28 bits per heavy atom. The van der Waals surface area contributed by atoms with Crippen LogP contribution in [0.5, 0.6) is 0 Å². The molecule has 324 valence electrons. The van der Waals surface area contributed by atoms with Gasteiger partial charge in [-0.3, -0.25) is 0 Å². The molecule has 0 radical (unpaired) electrons. The van der Waals surface area contributed by atoms with Crippen LogP contribution >= 0.6 is 0 Å². The maximum absolute atomic E-state index is 2.50. The minimum atomic E-state index is -0.414. The average Bonchev–Trinajstić information content (AvgIpc) is 3.81. The minimum Gasteiger partial charge on any atom is -0.310 e. The van der Waals surface area contributed by atoms with Crippen molar-refractivity contribution >= 4 is 17.1 Å². The van der Waals surface area contributed by atoms with Crippen molar-refractivity contribution in [2.75, 3.05) is 4.90 Å². The lowest BCUT2D eigenvalue weighted by Crippen LogP contribution is -2.40. The molecule has 0 bridgehead atoms. The van der Waals surface area contributed by atoms with E-state index in [-0.39, 0.29) is 10.8 Å². The topological polar surface area (TPSA) is 3.24 Å². The molecule has 68 heavy (non-hydrogen) atoms. The second kappa shape index (κ2) is 15.0. The maximum Gasteiger partial charge on any atom is 0.0719 e. The second-order valence-electron chi connectivity index (χ2n) is 20.1. The van der Waals surface area contributed by atoms with Gasteiger partial charge in [-0.25, -0.2) is 0 Å². The number of hydrogen-bond acceptors (Lipinski definition) is 1. The zero-order valence-electron chi connectivity index (χ0n) is 39.0. The predicted molar refractivity (Wildman–Crippen MR) is 284 cm³/mol. The van der Waals surface area contributed by atoms with Crippen LogP contribution in [0.3, 0.4) is 0 Å². The molecule has 1 heteroatoms. The number of hydrogen-bond donors (Lipinski definition) is 0. The summed E-state index contributed by atoms with van der Waals surface area (Å²) in [5.74, 6) is 0. The predicted octanol–water partition coefficient (Wildman–Crippen LogP) is 17.5. The molecule has 0 atom stereocenters. The van der Waals surface area contributed by atoms with E-state index in [0.717, 1.165) is 17.1 Å². The molecular formula is C67H51N. The molecule has 0 saturated carbocycles. The van der Waals surface area contributed by atoms with Crippen LogP contribution in [0, 0.1) is 0 Å². The normalized spacial score (nSPS) is 14.8. The first-order chi connectivity index (χ1) is 33.2. The van der Waals surface area contributed by atoms with Gasteiger partial charge in [0.05, 0.1) is 5.41 Å². The van der Waals surface area contributed by atoms with Crippen molar-refractivity contribution in [1.82, 2.24) is 0 Å². The molecule has 1 spiro atoms. The van der Waals surface area contributed by atoms with E-state index >= 15 is 0 Å². The number of anilines is 3. The highest BCUT2D eigenvalue weighted by molar-refractivity contribution is 5.90. The Bertz CT molecular complexity index is 3580. The van der Waals surface area contributed by atoms with Crippen LogP contribution in [0.15, 0.2) is 237 Å². The van der Waals surface area contributed by atoms with Gasteiger partial charge in [0.1, 0.15) is 0 Å². The highest BCUT2D eigenvalue weighted by atomic mass is 15.1. The summed E-state index contributed by atoms with van der Waals surface area (Å²) in [6.45, 7) is 9.54. The number of fused-ring (bicyclic) bond motifs is 12. The first-order valence-electron chi connectivity index (χ1n) is 24.1. The van der Waals surface area contributed by atoms with E-state index in [1.807, 2.05) is 0 Å². The number of nitrogens with zero attached hydrogens (tertiary/aromatic N) is 1. The van der Waals surface area contributed by atoms with E-state index in [4.69, 9.17) is 0 Å². The van der Waals surface area contributed by atoms with Crippen LogP contribution in [0.25, 0.3) is 55.6 Å². The summed E-state index contributed by atoms with van der Waals surface area (Å²) in [7, 11) is 0. The van der Waals surface area contributed by atoms with Crippen molar-refractivity contribution in [3.8, 4) is 55.6 Å². The van der Waals surface area contributed by atoms with Crippen LogP contribution in [0.4, 0.5) is 17.1 Å². The van der Waals surface area contributed by atoms with Crippen LogP contribution < -0.4 is 4.90 Å². The first-order valence-corrected chi connectivity index (χ1v) is 24.1. The number of benzene rings is 10. The highest BCUT2D eigenvalue weighted by Gasteiger charge is 2.53. The molecule has 3 aliphatic rings. The monoisotopic (exact) mass is 869 g/mol. The number of rotatable bonds is 6. The summed E-state index contributed by atoms with van der Waals surface area (Å²) in [5.41, 5.74) is 26.2. The highest BCUT2D eigenvalue weighted by Crippen LogP contribution is 2.62. The molecule has 0 fully saturated rings. The van der Waals surface area contributed by atoms with Gasteiger partial charge in [0.25, 0.3) is 0 Å². The molecule has 3 aliphatic carbocycles. The Morgan fingerprint density at radius 2 is 0.632 bits per heavy atom. The van der Waals surface area contributed by atoms with E-state index in [2.05, 4.69) is 269 Å². The summed E-state index contributed by atoms with van der Waals surface area (Å²) in [4.78, 5) is 2.42. The second-order valence-corrected chi connectivity index (χ2v) is 20.1. The molecule has 0 amide bonds. The summed E-state index contributed by atoms with van der Waals surface area (Å²) in [6.07, 6.45) is 0. The van der Waals surface area contributed by atoms with Crippen LogP contribution in [-0.4, -0.2) is 0 Å². The van der Waals surface area contributed by atoms with Gasteiger partial charge in [-0.1, -0.05) is 216 Å². The summed E-state index contributed by atoms with van der Waals surface area (Å²) < 4.78 is 0. The van der Waals surface area contributed by atoms with Crippen molar-refractivity contribution in [2.45, 2.75) is 43.9 Å². The van der Waals surface area contributed by atoms with E-state index in [1.54, 1.807) is 0 Å². The smallest absolute Gasteiger partial charge is 0.0719 e. The zero-order chi connectivity index (χ0) is 45.8. The van der Waals surface area contributed by atoms with Gasteiger partial charge in [-0.2, -0.15) is 0 Å². The van der Waals surface area contributed by atoms with Gasteiger partial charge >= 0.3 is 0 Å². The molecule has 0 heterocycles. The fourth-order valence-electron chi connectivity index (χ4n) is 12.4. The fraction of sp³-hybridized carbons (Fsp3) is 0.104. The maximum atomic E-state index is 2.50. The summed E-state index contributed by atoms with van der Waals surface area (Å²) in [6, 6.07) is 88.6. The lowest BCUT2D eigenvalue weighted by Gasteiger charge is -2.46.